The maximum Gasteiger partial charge on any atom is 0.232 e. The first kappa shape index (κ1) is 20.1. The van der Waals surface area contributed by atoms with Crippen LogP contribution in [0.3, 0.4) is 0 Å². The van der Waals surface area contributed by atoms with Gasteiger partial charge in [-0.25, -0.2) is 0 Å². The Morgan fingerprint density at radius 3 is 2.44 bits per heavy atom. The Balaban J connectivity index is 1.84. The van der Waals surface area contributed by atoms with Crippen molar-refractivity contribution in [3.8, 4) is 0 Å². The lowest BCUT2D eigenvalue weighted by molar-refractivity contribution is 0.122. The molecule has 27 heavy (non-hydrogen) atoms. The third-order valence-corrected chi connectivity index (χ3v) is 4.93. The molecule has 1 atom stereocenters. The molecule has 3 rings (SSSR count). The van der Waals surface area contributed by atoms with Gasteiger partial charge in [-0.3, -0.25) is 0 Å². The van der Waals surface area contributed by atoms with Crippen molar-refractivity contribution < 1.29 is 4.74 Å². The molecule has 2 saturated heterocycles. The number of rotatable bonds is 3. The van der Waals surface area contributed by atoms with E-state index in [2.05, 4.69) is 54.2 Å². The van der Waals surface area contributed by atoms with E-state index in [1.807, 2.05) is 0 Å². The Hall–Kier alpha value is -1.67. The van der Waals surface area contributed by atoms with Crippen LogP contribution in [0, 0.1) is 5.92 Å². The number of aromatic nitrogens is 2. The second kappa shape index (κ2) is 8.56. The highest BCUT2D eigenvalue weighted by Gasteiger charge is 2.22. The SMILES string of the molecule is CC1CCCN(c2cc(N3CCOCC3)nc(NC(=S)NC(C)(C)C)n2)C1. The quantitative estimate of drug-likeness (QED) is 0.761. The molecular weight excluding hydrogens is 360 g/mol. The zero-order valence-electron chi connectivity index (χ0n) is 16.9. The van der Waals surface area contributed by atoms with E-state index in [4.69, 9.17) is 26.9 Å². The van der Waals surface area contributed by atoms with Gasteiger partial charge in [0, 0.05) is 37.8 Å². The average molecular weight is 393 g/mol. The summed E-state index contributed by atoms with van der Waals surface area (Å²) in [6.07, 6.45) is 2.48. The zero-order valence-corrected chi connectivity index (χ0v) is 17.7. The van der Waals surface area contributed by atoms with Crippen molar-refractivity contribution in [2.75, 3.05) is 54.5 Å². The second-order valence-electron chi connectivity index (χ2n) is 8.53. The molecule has 1 aromatic heterocycles. The molecule has 2 fully saturated rings. The number of thiocarbonyl (C=S) groups is 1. The first-order valence-corrected chi connectivity index (χ1v) is 10.3. The van der Waals surface area contributed by atoms with Gasteiger partial charge in [-0.1, -0.05) is 6.92 Å². The Bertz CT molecular complexity index is 656. The lowest BCUT2D eigenvalue weighted by Crippen LogP contribution is -2.43. The number of hydrogen-bond acceptors (Lipinski definition) is 6. The van der Waals surface area contributed by atoms with Crippen molar-refractivity contribution >= 4 is 34.9 Å². The summed E-state index contributed by atoms with van der Waals surface area (Å²) in [6.45, 7) is 13.7. The van der Waals surface area contributed by atoms with E-state index in [-0.39, 0.29) is 5.54 Å². The monoisotopic (exact) mass is 392 g/mol. The van der Waals surface area contributed by atoms with Crippen molar-refractivity contribution in [1.82, 2.24) is 15.3 Å². The van der Waals surface area contributed by atoms with Gasteiger partial charge < -0.3 is 25.2 Å². The minimum Gasteiger partial charge on any atom is -0.378 e. The lowest BCUT2D eigenvalue weighted by Gasteiger charge is -2.33. The van der Waals surface area contributed by atoms with E-state index in [1.54, 1.807) is 0 Å². The fraction of sp³-hybridized carbons (Fsp3) is 0.737. The molecule has 0 aromatic carbocycles. The highest BCUT2D eigenvalue weighted by molar-refractivity contribution is 7.80. The molecule has 0 radical (unpaired) electrons. The maximum absolute atomic E-state index is 5.49. The van der Waals surface area contributed by atoms with Gasteiger partial charge in [0.1, 0.15) is 11.6 Å². The van der Waals surface area contributed by atoms with E-state index in [0.29, 0.717) is 17.0 Å². The zero-order chi connectivity index (χ0) is 19.4. The molecule has 0 spiro atoms. The number of anilines is 3. The summed E-state index contributed by atoms with van der Waals surface area (Å²) in [5, 5.41) is 6.99. The minimum atomic E-state index is -0.114. The maximum atomic E-state index is 5.49. The van der Waals surface area contributed by atoms with E-state index < -0.39 is 0 Å². The summed E-state index contributed by atoms with van der Waals surface area (Å²) in [5.41, 5.74) is -0.114. The van der Waals surface area contributed by atoms with Gasteiger partial charge >= 0.3 is 0 Å². The van der Waals surface area contributed by atoms with Crippen LogP contribution in [-0.4, -0.2) is 60.0 Å². The summed E-state index contributed by atoms with van der Waals surface area (Å²) >= 11 is 5.45. The Labute approximate surface area is 167 Å². The summed E-state index contributed by atoms with van der Waals surface area (Å²) in [4.78, 5) is 14.1. The average Bonchev–Trinajstić information content (AvgIpc) is 2.60. The van der Waals surface area contributed by atoms with Crippen LogP contribution in [0.5, 0.6) is 0 Å². The number of nitrogens with zero attached hydrogens (tertiary/aromatic N) is 4. The molecule has 2 aliphatic heterocycles. The molecule has 150 valence electrons. The van der Waals surface area contributed by atoms with Gasteiger partial charge in [0.05, 0.1) is 13.2 Å². The van der Waals surface area contributed by atoms with Gasteiger partial charge in [-0.2, -0.15) is 9.97 Å². The van der Waals surface area contributed by atoms with Gasteiger partial charge in [-0.05, 0) is 51.7 Å². The molecule has 8 heteroatoms. The van der Waals surface area contributed by atoms with Crippen LogP contribution in [0.15, 0.2) is 6.07 Å². The van der Waals surface area contributed by atoms with Crippen LogP contribution in [0.2, 0.25) is 0 Å². The molecule has 1 aromatic rings. The molecule has 0 saturated carbocycles. The summed E-state index contributed by atoms with van der Waals surface area (Å²) in [5.74, 6) is 3.14. The van der Waals surface area contributed by atoms with Crippen LogP contribution < -0.4 is 20.4 Å². The molecule has 0 aliphatic carbocycles. The van der Waals surface area contributed by atoms with Crippen LogP contribution in [-0.2, 0) is 4.74 Å². The number of nitrogens with one attached hydrogen (secondary N) is 2. The Morgan fingerprint density at radius 1 is 1.15 bits per heavy atom. The Morgan fingerprint density at radius 2 is 1.81 bits per heavy atom. The van der Waals surface area contributed by atoms with Crippen molar-refractivity contribution in [1.29, 1.82) is 0 Å². The highest BCUT2D eigenvalue weighted by atomic mass is 32.1. The molecule has 2 N–H and O–H groups in total. The molecule has 2 aliphatic rings. The van der Waals surface area contributed by atoms with E-state index in [1.165, 1.54) is 12.8 Å². The first-order chi connectivity index (χ1) is 12.8. The van der Waals surface area contributed by atoms with Crippen molar-refractivity contribution in [3.63, 3.8) is 0 Å². The van der Waals surface area contributed by atoms with E-state index in [0.717, 1.165) is 51.0 Å². The summed E-state index contributed by atoms with van der Waals surface area (Å²) < 4.78 is 5.49. The number of piperidine rings is 1. The standard InChI is InChI=1S/C19H32N6OS/c1-14-6-5-7-25(13-14)16-12-15(24-8-10-26-11-9-24)20-17(21-16)22-18(27)23-19(2,3)4/h12,14H,5-11,13H2,1-4H3,(H2,20,21,22,23,27). The Kier molecular flexibility index (Phi) is 6.37. The first-order valence-electron chi connectivity index (χ1n) is 9.86. The predicted molar refractivity (Wildman–Crippen MR) is 115 cm³/mol. The summed E-state index contributed by atoms with van der Waals surface area (Å²) in [6, 6.07) is 2.11. The predicted octanol–water partition coefficient (Wildman–Crippen LogP) is 2.63. The largest absolute Gasteiger partial charge is 0.378 e. The molecule has 1 unspecified atom stereocenters. The van der Waals surface area contributed by atoms with E-state index in [9.17, 15) is 0 Å². The van der Waals surface area contributed by atoms with Crippen molar-refractivity contribution in [2.24, 2.45) is 5.92 Å². The molecule has 3 heterocycles. The van der Waals surface area contributed by atoms with Crippen molar-refractivity contribution in [2.45, 2.75) is 46.1 Å². The molecule has 0 amide bonds. The lowest BCUT2D eigenvalue weighted by atomic mass is 10.0. The molecule has 0 bridgehead atoms. The van der Waals surface area contributed by atoms with Gasteiger partial charge in [0.15, 0.2) is 5.11 Å². The summed E-state index contributed by atoms with van der Waals surface area (Å²) in [7, 11) is 0. The number of ether oxygens (including phenoxy) is 1. The topological polar surface area (TPSA) is 65.6 Å². The minimum absolute atomic E-state index is 0.114. The third kappa shape index (κ3) is 5.90. The normalized spacial score (nSPS) is 21.1. The van der Waals surface area contributed by atoms with Crippen LogP contribution in [0.4, 0.5) is 17.6 Å². The fourth-order valence-corrected chi connectivity index (χ4v) is 3.86. The smallest absolute Gasteiger partial charge is 0.232 e. The third-order valence-electron chi connectivity index (χ3n) is 4.73. The van der Waals surface area contributed by atoms with Crippen LogP contribution >= 0.6 is 12.2 Å². The second-order valence-corrected chi connectivity index (χ2v) is 8.94. The van der Waals surface area contributed by atoms with Gasteiger partial charge in [-0.15, -0.1) is 0 Å². The van der Waals surface area contributed by atoms with Gasteiger partial charge in [0.2, 0.25) is 5.95 Å². The van der Waals surface area contributed by atoms with Crippen molar-refractivity contribution in [3.05, 3.63) is 6.07 Å². The van der Waals surface area contributed by atoms with Gasteiger partial charge in [0.25, 0.3) is 0 Å². The number of hydrogen-bond donors (Lipinski definition) is 2. The van der Waals surface area contributed by atoms with E-state index >= 15 is 0 Å². The molecular formula is C19H32N6OS. The van der Waals surface area contributed by atoms with Crippen LogP contribution in [0.1, 0.15) is 40.5 Å². The molecule has 7 nitrogen and oxygen atoms in total. The highest BCUT2D eigenvalue weighted by Crippen LogP contribution is 2.26. The fourth-order valence-electron chi connectivity index (χ4n) is 3.47. The number of morpholine rings is 1. The van der Waals surface area contributed by atoms with Crippen LogP contribution in [0.25, 0.3) is 0 Å².